The van der Waals surface area contributed by atoms with Crippen LogP contribution in [0.25, 0.3) is 0 Å². The predicted molar refractivity (Wildman–Crippen MR) is 71.1 cm³/mol. The predicted octanol–water partition coefficient (Wildman–Crippen LogP) is 3.90. The maximum Gasteiger partial charge on any atom is 0.0527 e. The summed E-state index contributed by atoms with van der Waals surface area (Å²) >= 11 is 2.35. The summed E-state index contributed by atoms with van der Waals surface area (Å²) < 4.78 is 1.26. The van der Waals surface area contributed by atoms with Gasteiger partial charge in [0.15, 0.2) is 0 Å². The van der Waals surface area contributed by atoms with E-state index >= 15 is 0 Å². The molecular weight excluding hydrogens is 285 g/mol. The zero-order chi connectivity index (χ0) is 10.8. The molecule has 0 saturated carbocycles. The van der Waals surface area contributed by atoms with E-state index in [-0.39, 0.29) is 5.54 Å². The largest absolute Gasteiger partial charge is 0.284 e. The number of hydrogen-bond acceptors (Lipinski definition) is 1. The molecule has 0 aliphatic heterocycles. The minimum absolute atomic E-state index is 0.00298. The summed E-state index contributed by atoms with van der Waals surface area (Å²) in [6.45, 7) is 8.42. The first-order valence-electron chi connectivity index (χ1n) is 4.71. The number of rotatable bonds is 1. The maximum absolute atomic E-state index is 4.65. The minimum Gasteiger partial charge on any atom is -0.284 e. The van der Waals surface area contributed by atoms with E-state index < -0.39 is 0 Å². The average molecular weight is 301 g/mol. The van der Waals surface area contributed by atoms with Gasteiger partial charge in [-0.25, -0.2) is 0 Å². The van der Waals surface area contributed by atoms with Gasteiger partial charge in [-0.1, -0.05) is 18.2 Å². The fourth-order valence-electron chi connectivity index (χ4n) is 1.32. The highest BCUT2D eigenvalue weighted by molar-refractivity contribution is 14.1. The van der Waals surface area contributed by atoms with Gasteiger partial charge in [-0.05, 0) is 56.4 Å². The third-order valence-electron chi connectivity index (χ3n) is 1.77. The van der Waals surface area contributed by atoms with Crippen molar-refractivity contribution in [1.29, 1.82) is 0 Å². The van der Waals surface area contributed by atoms with Gasteiger partial charge < -0.3 is 0 Å². The zero-order valence-electron chi connectivity index (χ0n) is 9.13. The van der Waals surface area contributed by atoms with Crippen molar-refractivity contribution >= 4 is 28.3 Å². The molecule has 0 unspecified atom stereocenters. The van der Waals surface area contributed by atoms with E-state index in [1.54, 1.807) is 0 Å². The summed E-state index contributed by atoms with van der Waals surface area (Å²) in [6.07, 6.45) is 0. The van der Waals surface area contributed by atoms with E-state index in [9.17, 15) is 0 Å². The van der Waals surface area contributed by atoms with Crippen molar-refractivity contribution in [2.75, 3.05) is 0 Å². The molecular formula is C12H16IN. The maximum atomic E-state index is 4.65. The summed E-state index contributed by atoms with van der Waals surface area (Å²) in [5.41, 5.74) is 2.36. The molecule has 0 fully saturated rings. The molecule has 0 saturated heterocycles. The molecule has 1 aromatic carbocycles. The van der Waals surface area contributed by atoms with E-state index in [2.05, 4.69) is 79.5 Å². The van der Waals surface area contributed by atoms with Gasteiger partial charge in [-0.15, -0.1) is 0 Å². The van der Waals surface area contributed by atoms with Crippen LogP contribution in [0.3, 0.4) is 0 Å². The van der Waals surface area contributed by atoms with Crippen LogP contribution in [0, 0.1) is 3.57 Å². The molecule has 1 aromatic rings. The highest BCUT2D eigenvalue weighted by Crippen LogP contribution is 2.15. The highest BCUT2D eigenvalue weighted by atomic mass is 127. The Labute approximate surface area is 99.8 Å². The van der Waals surface area contributed by atoms with E-state index in [1.807, 2.05) is 0 Å². The van der Waals surface area contributed by atoms with Crippen LogP contribution in [0.1, 0.15) is 33.3 Å². The van der Waals surface area contributed by atoms with Crippen LogP contribution in [0.15, 0.2) is 29.3 Å². The number of hydrogen-bond donors (Lipinski definition) is 0. The molecule has 0 aliphatic carbocycles. The Morgan fingerprint density at radius 1 is 1.21 bits per heavy atom. The van der Waals surface area contributed by atoms with Gasteiger partial charge in [0.05, 0.1) is 5.54 Å². The van der Waals surface area contributed by atoms with E-state index in [0.29, 0.717) is 0 Å². The fourth-order valence-corrected chi connectivity index (χ4v) is 2.10. The van der Waals surface area contributed by atoms with Gasteiger partial charge in [0, 0.05) is 14.8 Å². The second kappa shape index (κ2) is 4.43. The molecule has 1 rings (SSSR count). The lowest BCUT2D eigenvalue weighted by Gasteiger charge is -2.14. The quantitative estimate of drug-likeness (QED) is 0.551. The summed E-state index contributed by atoms with van der Waals surface area (Å²) in [6, 6.07) is 8.33. The van der Waals surface area contributed by atoms with E-state index in [1.165, 1.54) is 9.13 Å². The molecule has 76 valence electrons. The van der Waals surface area contributed by atoms with Crippen LogP contribution in [-0.4, -0.2) is 11.3 Å². The number of aliphatic imine (C=N–C) groups is 1. The molecule has 0 aromatic heterocycles. The fraction of sp³-hybridized carbons (Fsp3) is 0.417. The monoisotopic (exact) mass is 301 g/mol. The Bertz CT molecular complexity index is 348. The molecule has 0 aliphatic rings. The summed E-state index contributed by atoms with van der Waals surface area (Å²) in [7, 11) is 0. The highest BCUT2D eigenvalue weighted by Gasteiger charge is 2.09. The third kappa shape index (κ3) is 3.40. The lowest BCUT2D eigenvalue weighted by atomic mass is 10.1. The molecule has 0 spiro atoms. The topological polar surface area (TPSA) is 12.4 Å². The Morgan fingerprint density at radius 3 is 2.29 bits per heavy atom. The molecule has 0 amide bonds. The zero-order valence-corrected chi connectivity index (χ0v) is 11.3. The third-order valence-corrected chi connectivity index (χ3v) is 2.71. The lowest BCUT2D eigenvalue weighted by Crippen LogP contribution is -2.13. The second-order valence-corrected chi connectivity index (χ2v) is 5.51. The van der Waals surface area contributed by atoms with E-state index in [4.69, 9.17) is 0 Å². The van der Waals surface area contributed by atoms with Crippen molar-refractivity contribution in [3.05, 3.63) is 33.4 Å². The Morgan fingerprint density at radius 2 is 1.79 bits per heavy atom. The SMILES string of the molecule is CC(=NC(C)(C)C)c1ccccc1I. The molecule has 2 heteroatoms. The molecule has 0 heterocycles. The molecule has 0 N–H and O–H groups in total. The summed E-state index contributed by atoms with van der Waals surface area (Å²) in [5.74, 6) is 0. The van der Waals surface area contributed by atoms with Gasteiger partial charge in [0.1, 0.15) is 0 Å². The van der Waals surface area contributed by atoms with Crippen LogP contribution in [0.2, 0.25) is 0 Å². The second-order valence-electron chi connectivity index (χ2n) is 4.35. The van der Waals surface area contributed by atoms with Crippen molar-refractivity contribution in [2.24, 2.45) is 4.99 Å². The van der Waals surface area contributed by atoms with Crippen molar-refractivity contribution < 1.29 is 0 Å². The van der Waals surface area contributed by atoms with Gasteiger partial charge >= 0.3 is 0 Å². The van der Waals surface area contributed by atoms with Crippen molar-refractivity contribution in [3.8, 4) is 0 Å². The first kappa shape index (κ1) is 11.7. The lowest BCUT2D eigenvalue weighted by molar-refractivity contribution is 0.584. The van der Waals surface area contributed by atoms with Gasteiger partial charge in [-0.2, -0.15) is 0 Å². The molecule has 0 radical (unpaired) electrons. The first-order chi connectivity index (χ1) is 6.40. The standard InChI is InChI=1S/C12H16IN/c1-9(14-12(2,3)4)10-7-5-6-8-11(10)13/h5-8H,1-4H3. The smallest absolute Gasteiger partial charge is 0.0527 e. The molecule has 0 bridgehead atoms. The first-order valence-corrected chi connectivity index (χ1v) is 5.79. The van der Waals surface area contributed by atoms with Crippen LogP contribution < -0.4 is 0 Å². The summed E-state index contributed by atoms with van der Waals surface area (Å²) in [5, 5.41) is 0. The molecule has 14 heavy (non-hydrogen) atoms. The van der Waals surface area contributed by atoms with Crippen molar-refractivity contribution in [1.82, 2.24) is 0 Å². The Kier molecular flexibility index (Phi) is 3.70. The van der Waals surface area contributed by atoms with Crippen molar-refractivity contribution in [3.63, 3.8) is 0 Å². The number of halogens is 1. The van der Waals surface area contributed by atoms with Gasteiger partial charge in [-0.3, -0.25) is 4.99 Å². The van der Waals surface area contributed by atoms with Crippen LogP contribution in [-0.2, 0) is 0 Å². The number of benzene rings is 1. The van der Waals surface area contributed by atoms with Gasteiger partial charge in [0.25, 0.3) is 0 Å². The average Bonchev–Trinajstić information content (AvgIpc) is 2.01. The van der Waals surface area contributed by atoms with E-state index in [0.717, 1.165) is 5.71 Å². The Balaban J connectivity index is 3.07. The van der Waals surface area contributed by atoms with Crippen LogP contribution >= 0.6 is 22.6 Å². The number of nitrogens with zero attached hydrogens (tertiary/aromatic N) is 1. The van der Waals surface area contributed by atoms with Gasteiger partial charge in [0.2, 0.25) is 0 Å². The van der Waals surface area contributed by atoms with Crippen molar-refractivity contribution in [2.45, 2.75) is 33.2 Å². The van der Waals surface area contributed by atoms with Crippen LogP contribution in [0.5, 0.6) is 0 Å². The minimum atomic E-state index is 0.00298. The normalized spacial score (nSPS) is 13.1. The van der Waals surface area contributed by atoms with Crippen LogP contribution in [0.4, 0.5) is 0 Å². The molecule has 1 nitrogen and oxygen atoms in total. The summed E-state index contributed by atoms with van der Waals surface area (Å²) in [4.78, 5) is 4.65. The Hall–Kier alpha value is -0.380. The molecule has 0 atom stereocenters.